The van der Waals surface area contributed by atoms with E-state index in [4.69, 9.17) is 11.6 Å². The zero-order valence-electron chi connectivity index (χ0n) is 13.0. The number of carbonyl (C=O) groups excluding carboxylic acids is 1. The third-order valence-electron chi connectivity index (χ3n) is 4.49. The largest absolute Gasteiger partial charge is 0.368 e. The molecule has 1 amide bonds. The molecule has 6 heteroatoms. The lowest BCUT2D eigenvalue weighted by Gasteiger charge is -2.43. The van der Waals surface area contributed by atoms with Gasteiger partial charge in [0, 0.05) is 24.0 Å². The summed E-state index contributed by atoms with van der Waals surface area (Å²) in [7, 11) is 1.57. The Hall–Kier alpha value is -2.14. The second-order valence-electron chi connectivity index (χ2n) is 5.85. The molecule has 0 unspecified atom stereocenters. The summed E-state index contributed by atoms with van der Waals surface area (Å²) in [5.41, 5.74) is 1.55. The predicted molar refractivity (Wildman–Crippen MR) is 90.9 cm³/mol. The SMILES string of the molecule is CNC(=O)c1ccc(NCC2(c3ccccc3Cl)CCC2)nn1. The normalized spacial score (nSPS) is 15.6. The summed E-state index contributed by atoms with van der Waals surface area (Å²) < 4.78 is 0. The Balaban J connectivity index is 1.71. The lowest BCUT2D eigenvalue weighted by molar-refractivity contribution is 0.0957. The van der Waals surface area contributed by atoms with Gasteiger partial charge in [0.15, 0.2) is 5.69 Å². The van der Waals surface area contributed by atoms with Gasteiger partial charge in [0.05, 0.1) is 0 Å². The van der Waals surface area contributed by atoms with Crippen molar-refractivity contribution in [3.8, 4) is 0 Å². The number of carbonyl (C=O) groups is 1. The summed E-state index contributed by atoms with van der Waals surface area (Å²) in [4.78, 5) is 11.5. The molecule has 0 saturated heterocycles. The smallest absolute Gasteiger partial charge is 0.271 e. The molecule has 0 bridgehead atoms. The third kappa shape index (κ3) is 3.15. The molecule has 0 radical (unpaired) electrons. The van der Waals surface area contributed by atoms with Gasteiger partial charge in [0.1, 0.15) is 5.82 Å². The average molecular weight is 331 g/mol. The highest BCUT2D eigenvalue weighted by Crippen LogP contribution is 2.46. The molecule has 5 nitrogen and oxygen atoms in total. The fourth-order valence-electron chi connectivity index (χ4n) is 2.97. The number of anilines is 1. The van der Waals surface area contributed by atoms with Crippen LogP contribution in [-0.4, -0.2) is 29.7 Å². The Kier molecular flexibility index (Phi) is 4.48. The minimum atomic E-state index is -0.240. The molecule has 0 aliphatic heterocycles. The van der Waals surface area contributed by atoms with E-state index in [2.05, 4.69) is 26.9 Å². The van der Waals surface area contributed by atoms with Crippen molar-refractivity contribution < 1.29 is 4.79 Å². The minimum absolute atomic E-state index is 0.0550. The fourth-order valence-corrected chi connectivity index (χ4v) is 3.31. The Labute approximate surface area is 140 Å². The summed E-state index contributed by atoms with van der Waals surface area (Å²) in [6, 6.07) is 11.5. The zero-order valence-corrected chi connectivity index (χ0v) is 13.7. The molecule has 2 N–H and O–H groups in total. The number of nitrogens with one attached hydrogen (secondary N) is 2. The molecular weight excluding hydrogens is 312 g/mol. The first-order valence-electron chi connectivity index (χ1n) is 7.69. The van der Waals surface area contributed by atoms with Crippen LogP contribution in [0.15, 0.2) is 36.4 Å². The molecule has 1 aliphatic rings. The fraction of sp³-hybridized carbons (Fsp3) is 0.353. The molecule has 3 rings (SSSR count). The van der Waals surface area contributed by atoms with Gasteiger partial charge >= 0.3 is 0 Å². The van der Waals surface area contributed by atoms with Gasteiger partial charge in [0.2, 0.25) is 0 Å². The predicted octanol–water partition coefficient (Wildman–Crippen LogP) is 3.02. The van der Waals surface area contributed by atoms with Crippen molar-refractivity contribution in [2.75, 3.05) is 18.9 Å². The molecule has 1 heterocycles. The molecule has 0 spiro atoms. The molecule has 1 aliphatic carbocycles. The maximum atomic E-state index is 11.5. The van der Waals surface area contributed by atoms with E-state index in [0.29, 0.717) is 11.5 Å². The summed E-state index contributed by atoms with van der Waals surface area (Å²) in [6.07, 6.45) is 3.41. The Morgan fingerprint density at radius 1 is 1.22 bits per heavy atom. The first kappa shape index (κ1) is 15.7. The number of amides is 1. The van der Waals surface area contributed by atoms with Gasteiger partial charge in [-0.1, -0.05) is 36.2 Å². The van der Waals surface area contributed by atoms with E-state index < -0.39 is 0 Å². The lowest BCUT2D eigenvalue weighted by Crippen LogP contribution is -2.41. The van der Waals surface area contributed by atoms with E-state index >= 15 is 0 Å². The van der Waals surface area contributed by atoms with Crippen LogP contribution in [0.2, 0.25) is 5.02 Å². The quantitative estimate of drug-likeness (QED) is 0.884. The summed E-state index contributed by atoms with van der Waals surface area (Å²) >= 11 is 6.37. The maximum absolute atomic E-state index is 11.5. The van der Waals surface area contributed by atoms with Gasteiger partial charge in [-0.15, -0.1) is 10.2 Å². The van der Waals surface area contributed by atoms with Crippen LogP contribution in [0.1, 0.15) is 35.3 Å². The van der Waals surface area contributed by atoms with Crippen LogP contribution in [0.4, 0.5) is 5.82 Å². The van der Waals surface area contributed by atoms with Crippen LogP contribution >= 0.6 is 11.6 Å². The average Bonchev–Trinajstić information content (AvgIpc) is 2.55. The summed E-state index contributed by atoms with van der Waals surface area (Å²) in [6.45, 7) is 0.755. The van der Waals surface area contributed by atoms with E-state index in [-0.39, 0.29) is 11.3 Å². The Bertz CT molecular complexity index is 698. The number of benzene rings is 1. The summed E-state index contributed by atoms with van der Waals surface area (Å²) in [5.74, 6) is 0.423. The standard InChI is InChI=1S/C17H19ClN4O/c1-19-16(23)14-7-8-15(22-21-14)20-11-17(9-4-10-17)12-5-2-3-6-13(12)18/h2-3,5-8H,4,9-11H2,1H3,(H,19,23)(H,20,22). The van der Waals surface area contributed by atoms with Gasteiger partial charge in [0.25, 0.3) is 5.91 Å². The Morgan fingerprint density at radius 3 is 2.57 bits per heavy atom. The number of halogens is 1. The number of hydrogen-bond donors (Lipinski definition) is 2. The Morgan fingerprint density at radius 2 is 2.00 bits per heavy atom. The second-order valence-corrected chi connectivity index (χ2v) is 6.26. The van der Waals surface area contributed by atoms with Crippen molar-refractivity contribution in [3.05, 3.63) is 52.7 Å². The van der Waals surface area contributed by atoms with E-state index in [1.807, 2.05) is 18.2 Å². The van der Waals surface area contributed by atoms with Crippen molar-refractivity contribution in [3.63, 3.8) is 0 Å². The third-order valence-corrected chi connectivity index (χ3v) is 4.82. The van der Waals surface area contributed by atoms with Crippen molar-refractivity contribution in [2.24, 2.45) is 0 Å². The van der Waals surface area contributed by atoms with Crippen molar-refractivity contribution >= 4 is 23.3 Å². The lowest BCUT2D eigenvalue weighted by atomic mass is 9.64. The molecule has 1 aromatic heterocycles. The van der Waals surface area contributed by atoms with E-state index in [1.165, 1.54) is 12.0 Å². The highest BCUT2D eigenvalue weighted by Gasteiger charge is 2.39. The monoisotopic (exact) mass is 330 g/mol. The molecule has 1 aromatic carbocycles. The van der Waals surface area contributed by atoms with Crippen molar-refractivity contribution in [1.29, 1.82) is 0 Å². The zero-order chi connectivity index (χ0) is 16.3. The highest BCUT2D eigenvalue weighted by atomic mass is 35.5. The minimum Gasteiger partial charge on any atom is -0.368 e. The molecule has 1 saturated carbocycles. The number of aromatic nitrogens is 2. The van der Waals surface area contributed by atoms with Crippen LogP contribution in [0.3, 0.4) is 0 Å². The molecule has 0 atom stereocenters. The number of hydrogen-bond acceptors (Lipinski definition) is 4. The van der Waals surface area contributed by atoms with E-state index in [9.17, 15) is 4.79 Å². The van der Waals surface area contributed by atoms with Crippen molar-refractivity contribution in [1.82, 2.24) is 15.5 Å². The van der Waals surface area contributed by atoms with Gasteiger partial charge < -0.3 is 10.6 Å². The van der Waals surface area contributed by atoms with E-state index in [1.54, 1.807) is 19.2 Å². The van der Waals surface area contributed by atoms with Gasteiger partial charge in [-0.3, -0.25) is 4.79 Å². The van der Waals surface area contributed by atoms with Crippen LogP contribution < -0.4 is 10.6 Å². The van der Waals surface area contributed by atoms with Crippen molar-refractivity contribution in [2.45, 2.75) is 24.7 Å². The first-order chi connectivity index (χ1) is 11.1. The van der Waals surface area contributed by atoms with Crippen LogP contribution in [0.25, 0.3) is 0 Å². The first-order valence-corrected chi connectivity index (χ1v) is 8.07. The van der Waals surface area contributed by atoms with E-state index in [0.717, 1.165) is 24.4 Å². The topological polar surface area (TPSA) is 66.9 Å². The molecule has 120 valence electrons. The molecule has 23 heavy (non-hydrogen) atoms. The molecule has 2 aromatic rings. The molecular formula is C17H19ClN4O. The highest BCUT2D eigenvalue weighted by molar-refractivity contribution is 6.31. The number of rotatable bonds is 5. The van der Waals surface area contributed by atoms with Crippen LogP contribution in [0.5, 0.6) is 0 Å². The van der Waals surface area contributed by atoms with Crippen LogP contribution in [-0.2, 0) is 5.41 Å². The van der Waals surface area contributed by atoms with Gasteiger partial charge in [-0.05, 0) is 36.6 Å². The van der Waals surface area contributed by atoms with Crippen LogP contribution in [0, 0.1) is 0 Å². The maximum Gasteiger partial charge on any atom is 0.271 e. The summed E-state index contributed by atoms with van der Waals surface area (Å²) in [5, 5.41) is 14.7. The molecule has 1 fully saturated rings. The second kappa shape index (κ2) is 6.54. The van der Waals surface area contributed by atoms with Gasteiger partial charge in [-0.25, -0.2) is 0 Å². The van der Waals surface area contributed by atoms with Gasteiger partial charge in [-0.2, -0.15) is 0 Å². The number of nitrogens with zero attached hydrogens (tertiary/aromatic N) is 2.